The minimum absolute atomic E-state index is 0.00838. The number of hydrogen-bond donors (Lipinski definition) is 0. The minimum Gasteiger partial charge on any atom is -0.497 e. The Labute approximate surface area is 228 Å². The zero-order valence-corrected chi connectivity index (χ0v) is 22.2. The first-order valence-corrected chi connectivity index (χ1v) is 12.9. The van der Waals surface area contributed by atoms with Gasteiger partial charge in [0.2, 0.25) is 6.23 Å². The van der Waals surface area contributed by atoms with Gasteiger partial charge in [0.1, 0.15) is 12.4 Å². The SMILES string of the molecule is COc1ccc(C2=NN3[C@H](C2)c2cccc(OC)c2O[C@@H]3c2ccc(OCc3ccccc3)c(OC)c2)cc1. The molecular weight excluding hydrogens is 492 g/mol. The quantitative estimate of drug-likeness (QED) is 0.262. The number of methoxy groups -OCH3 is 3. The summed E-state index contributed by atoms with van der Waals surface area (Å²) in [5.74, 6) is 3.55. The van der Waals surface area contributed by atoms with Crippen LogP contribution in [0.3, 0.4) is 0 Å². The van der Waals surface area contributed by atoms with Crippen molar-refractivity contribution in [3.63, 3.8) is 0 Å². The summed E-state index contributed by atoms with van der Waals surface area (Å²) in [5.41, 5.74) is 5.08. The molecule has 4 aromatic carbocycles. The van der Waals surface area contributed by atoms with Gasteiger partial charge in [-0.25, -0.2) is 5.01 Å². The molecule has 0 saturated heterocycles. The highest BCUT2D eigenvalue weighted by atomic mass is 16.5. The average molecular weight is 523 g/mol. The first kappa shape index (κ1) is 24.7. The van der Waals surface area contributed by atoms with Crippen LogP contribution in [0.2, 0.25) is 0 Å². The van der Waals surface area contributed by atoms with Gasteiger partial charge >= 0.3 is 0 Å². The Balaban J connectivity index is 1.35. The molecule has 0 aromatic heterocycles. The molecule has 0 amide bonds. The van der Waals surface area contributed by atoms with Gasteiger partial charge in [0.25, 0.3) is 0 Å². The summed E-state index contributed by atoms with van der Waals surface area (Å²) in [4.78, 5) is 0. The molecule has 198 valence electrons. The Bertz CT molecular complexity index is 1490. The fourth-order valence-corrected chi connectivity index (χ4v) is 5.11. The predicted molar refractivity (Wildman–Crippen MR) is 149 cm³/mol. The Hall–Kier alpha value is -4.65. The average Bonchev–Trinajstić information content (AvgIpc) is 3.46. The van der Waals surface area contributed by atoms with Gasteiger partial charge in [0, 0.05) is 17.5 Å². The van der Waals surface area contributed by atoms with E-state index in [4.69, 9.17) is 28.8 Å². The maximum absolute atomic E-state index is 6.62. The van der Waals surface area contributed by atoms with Crippen LogP contribution in [0.25, 0.3) is 0 Å². The summed E-state index contributed by atoms with van der Waals surface area (Å²) in [6, 6.07) is 29.9. The summed E-state index contributed by atoms with van der Waals surface area (Å²) in [7, 11) is 4.98. The minimum atomic E-state index is -0.480. The molecule has 0 N–H and O–H groups in total. The molecule has 0 aliphatic carbocycles. The lowest BCUT2D eigenvalue weighted by atomic mass is 9.95. The molecule has 2 aliphatic rings. The van der Waals surface area contributed by atoms with Crippen LogP contribution in [-0.2, 0) is 6.61 Å². The second-order valence-electron chi connectivity index (χ2n) is 9.41. The Morgan fingerprint density at radius 1 is 0.795 bits per heavy atom. The van der Waals surface area contributed by atoms with Crippen LogP contribution in [-0.4, -0.2) is 32.0 Å². The summed E-state index contributed by atoms with van der Waals surface area (Å²) >= 11 is 0. The van der Waals surface area contributed by atoms with Gasteiger partial charge in [-0.2, -0.15) is 5.10 Å². The molecule has 2 heterocycles. The highest BCUT2D eigenvalue weighted by molar-refractivity contribution is 6.02. The number of para-hydroxylation sites is 1. The van der Waals surface area contributed by atoms with Crippen LogP contribution in [0.4, 0.5) is 0 Å². The highest BCUT2D eigenvalue weighted by Gasteiger charge is 2.42. The molecule has 0 saturated carbocycles. The van der Waals surface area contributed by atoms with E-state index in [0.29, 0.717) is 23.9 Å². The van der Waals surface area contributed by atoms with E-state index in [9.17, 15) is 0 Å². The van der Waals surface area contributed by atoms with E-state index in [2.05, 4.69) is 6.07 Å². The normalized spacial score (nSPS) is 17.4. The second kappa shape index (κ2) is 10.6. The Morgan fingerprint density at radius 3 is 2.33 bits per heavy atom. The fraction of sp³-hybridized carbons (Fsp3) is 0.219. The summed E-state index contributed by atoms with van der Waals surface area (Å²) in [5, 5.41) is 7.12. The molecular formula is C32H30N2O5. The van der Waals surface area contributed by atoms with Crippen LogP contribution in [0.1, 0.15) is 40.9 Å². The van der Waals surface area contributed by atoms with Gasteiger partial charge in [0.05, 0.1) is 33.1 Å². The third kappa shape index (κ3) is 4.72. The summed E-state index contributed by atoms with van der Waals surface area (Å²) in [6.45, 7) is 0.449. The van der Waals surface area contributed by atoms with Crippen molar-refractivity contribution < 1.29 is 23.7 Å². The van der Waals surface area contributed by atoms with Gasteiger partial charge < -0.3 is 23.7 Å². The zero-order chi connectivity index (χ0) is 26.8. The summed E-state index contributed by atoms with van der Waals surface area (Å²) < 4.78 is 29.5. The molecule has 0 radical (unpaired) electrons. The van der Waals surface area contributed by atoms with Gasteiger partial charge in [-0.15, -0.1) is 0 Å². The smallest absolute Gasteiger partial charge is 0.214 e. The van der Waals surface area contributed by atoms with Crippen molar-refractivity contribution in [2.45, 2.75) is 25.3 Å². The number of ether oxygens (including phenoxy) is 5. The van der Waals surface area contributed by atoms with Gasteiger partial charge in [-0.05, 0) is 59.7 Å². The van der Waals surface area contributed by atoms with Gasteiger partial charge in [-0.1, -0.05) is 42.5 Å². The maximum atomic E-state index is 6.62. The van der Waals surface area contributed by atoms with Crippen molar-refractivity contribution in [1.29, 1.82) is 0 Å². The van der Waals surface area contributed by atoms with Gasteiger partial charge in [0.15, 0.2) is 23.0 Å². The molecule has 0 spiro atoms. The monoisotopic (exact) mass is 522 g/mol. The van der Waals surface area contributed by atoms with E-state index in [1.807, 2.05) is 89.9 Å². The summed E-state index contributed by atoms with van der Waals surface area (Å²) in [6.07, 6.45) is 0.258. The Kier molecular flexibility index (Phi) is 6.71. The number of nitrogens with zero attached hydrogens (tertiary/aromatic N) is 2. The fourth-order valence-electron chi connectivity index (χ4n) is 5.11. The second-order valence-corrected chi connectivity index (χ2v) is 9.41. The predicted octanol–water partition coefficient (Wildman–Crippen LogP) is 6.53. The Morgan fingerprint density at radius 2 is 1.59 bits per heavy atom. The number of fused-ring (bicyclic) bond motifs is 3. The third-order valence-corrected chi connectivity index (χ3v) is 7.13. The lowest BCUT2D eigenvalue weighted by Gasteiger charge is -2.38. The zero-order valence-electron chi connectivity index (χ0n) is 22.2. The van der Waals surface area contributed by atoms with E-state index in [-0.39, 0.29) is 6.04 Å². The molecule has 7 nitrogen and oxygen atoms in total. The van der Waals surface area contributed by atoms with Crippen molar-refractivity contribution in [2.75, 3.05) is 21.3 Å². The molecule has 7 heteroatoms. The van der Waals surface area contributed by atoms with E-state index in [1.54, 1.807) is 21.3 Å². The van der Waals surface area contributed by atoms with Crippen molar-refractivity contribution in [1.82, 2.24) is 5.01 Å². The molecule has 2 aliphatic heterocycles. The molecule has 39 heavy (non-hydrogen) atoms. The first-order chi connectivity index (χ1) is 19.2. The van der Waals surface area contributed by atoms with Crippen LogP contribution in [0.5, 0.6) is 28.7 Å². The molecule has 0 unspecified atom stereocenters. The lowest BCUT2D eigenvalue weighted by Crippen LogP contribution is -2.33. The van der Waals surface area contributed by atoms with Crippen molar-refractivity contribution in [3.05, 3.63) is 113 Å². The van der Waals surface area contributed by atoms with E-state index in [0.717, 1.165) is 45.9 Å². The van der Waals surface area contributed by atoms with Crippen molar-refractivity contribution >= 4 is 5.71 Å². The standard InChI is InChI=1S/C32H30N2O5/c1-35-24-15-12-22(13-16-24)26-19-27-25-10-7-11-29(36-2)31(25)39-32(34(27)33-26)23-14-17-28(30(18-23)37-3)38-20-21-8-5-4-6-9-21/h4-18,27,32H,19-20H2,1-3H3/t27-,32-/m1/s1. The third-order valence-electron chi connectivity index (χ3n) is 7.13. The lowest BCUT2D eigenvalue weighted by molar-refractivity contribution is -0.0210. The van der Waals surface area contributed by atoms with Crippen molar-refractivity contribution in [2.24, 2.45) is 5.10 Å². The molecule has 4 aromatic rings. The highest BCUT2D eigenvalue weighted by Crippen LogP contribution is 2.51. The molecule has 0 fully saturated rings. The van der Waals surface area contributed by atoms with Crippen molar-refractivity contribution in [3.8, 4) is 28.7 Å². The maximum Gasteiger partial charge on any atom is 0.214 e. The van der Waals surface area contributed by atoms with Gasteiger partial charge in [-0.3, -0.25) is 0 Å². The van der Waals surface area contributed by atoms with Crippen LogP contribution in [0, 0.1) is 0 Å². The first-order valence-electron chi connectivity index (χ1n) is 12.9. The van der Waals surface area contributed by atoms with Crippen LogP contribution in [0.15, 0.2) is 96.1 Å². The van der Waals surface area contributed by atoms with E-state index >= 15 is 0 Å². The number of rotatable bonds is 8. The van der Waals surface area contributed by atoms with Crippen LogP contribution >= 0.6 is 0 Å². The number of hydrazone groups is 1. The molecule has 2 atom stereocenters. The van der Waals surface area contributed by atoms with E-state index in [1.165, 1.54) is 0 Å². The topological polar surface area (TPSA) is 61.8 Å². The largest absolute Gasteiger partial charge is 0.497 e. The van der Waals surface area contributed by atoms with E-state index < -0.39 is 6.23 Å². The molecule has 0 bridgehead atoms. The molecule has 6 rings (SSSR count). The van der Waals surface area contributed by atoms with Crippen LogP contribution < -0.4 is 23.7 Å². The number of benzene rings is 4. The number of hydrogen-bond acceptors (Lipinski definition) is 7.